The van der Waals surface area contributed by atoms with E-state index in [0.717, 1.165) is 139 Å². The van der Waals surface area contributed by atoms with Gasteiger partial charge in [-0.2, -0.15) is 0 Å². The number of aromatic hydroxyl groups is 2. The van der Waals surface area contributed by atoms with Crippen molar-refractivity contribution in [2.45, 2.75) is 182 Å². The fourth-order valence-corrected chi connectivity index (χ4v) is 15.5. The van der Waals surface area contributed by atoms with Crippen LogP contribution in [0.2, 0.25) is 0 Å². The zero-order valence-corrected chi connectivity index (χ0v) is 41.9. The van der Waals surface area contributed by atoms with E-state index in [4.69, 9.17) is 9.47 Å². The molecule has 6 aliphatic carbocycles. The molecule has 6 fully saturated rings. The molecule has 10 nitrogen and oxygen atoms in total. The summed E-state index contributed by atoms with van der Waals surface area (Å²) in [6.07, 6.45) is 16.8. The molecule has 3 aromatic carbocycles. The van der Waals surface area contributed by atoms with E-state index in [-0.39, 0.29) is 81.1 Å². The second kappa shape index (κ2) is 18.2. The SMILES string of the molecule is CCCCN(Cc1ccccc1)[C@H]1CC[C@]2(O)C3Cc4ccc(O)c5c4[C@]2(CCN3CC2CC2)[C@@H]1O5.CCCCN[C@H]1CC[C@]2(O)C3Cc4ccc(O)c5c4[C@]2(CCN3CC2CC2)[C@@H]1O5.[CH3-].[Pd]. The maximum atomic E-state index is 12.7. The van der Waals surface area contributed by atoms with Crippen molar-refractivity contribution >= 4 is 0 Å². The van der Waals surface area contributed by atoms with Gasteiger partial charge in [-0.3, -0.25) is 14.7 Å². The van der Waals surface area contributed by atoms with Gasteiger partial charge in [-0.05, 0) is 157 Å². The van der Waals surface area contributed by atoms with Crippen LogP contribution in [0.15, 0.2) is 54.6 Å². The van der Waals surface area contributed by atoms with Crippen LogP contribution in [0.1, 0.15) is 132 Å². The average Bonchev–Trinajstić information content (AvgIpc) is 4.24. The van der Waals surface area contributed by atoms with Crippen LogP contribution in [0.4, 0.5) is 0 Å². The Bertz CT molecular complexity index is 2280. The number of phenols is 2. The zero-order valence-electron chi connectivity index (χ0n) is 40.3. The summed E-state index contributed by atoms with van der Waals surface area (Å²) >= 11 is 0. The molecule has 2 spiro atoms. The van der Waals surface area contributed by atoms with Gasteiger partial charge < -0.3 is 42.6 Å². The summed E-state index contributed by atoms with van der Waals surface area (Å²) in [7, 11) is 0. The Morgan fingerprint density at radius 1 is 0.672 bits per heavy atom. The minimum Gasteiger partial charge on any atom is -0.504 e. The summed E-state index contributed by atoms with van der Waals surface area (Å²) in [5.74, 6) is 3.42. The quantitative estimate of drug-likeness (QED) is 0.0623. The molecule has 3 aromatic rings. The van der Waals surface area contributed by atoms with E-state index in [1.54, 1.807) is 6.07 Å². The smallest absolute Gasteiger partial charge is 0.165 e. The van der Waals surface area contributed by atoms with Gasteiger partial charge in [-0.25, -0.2) is 0 Å². The second-order valence-corrected chi connectivity index (χ2v) is 22.4. The van der Waals surface area contributed by atoms with Crippen molar-refractivity contribution in [3.63, 3.8) is 0 Å². The maximum absolute atomic E-state index is 12.7. The summed E-state index contributed by atoms with van der Waals surface area (Å²) in [5, 5.41) is 50.4. The molecule has 4 bridgehead atoms. The van der Waals surface area contributed by atoms with E-state index in [2.05, 4.69) is 76.3 Å². The first-order valence-electron chi connectivity index (χ1n) is 26.1. The Hall–Kier alpha value is -2.72. The zero-order chi connectivity index (χ0) is 44.3. The van der Waals surface area contributed by atoms with Crippen molar-refractivity contribution in [3.8, 4) is 23.0 Å². The van der Waals surface area contributed by atoms with Crippen molar-refractivity contribution in [2.75, 3.05) is 39.3 Å². The van der Waals surface area contributed by atoms with Crippen LogP contribution in [0.3, 0.4) is 0 Å². The molecule has 0 aromatic heterocycles. The molecular weight excluding hydrogens is 931 g/mol. The summed E-state index contributed by atoms with van der Waals surface area (Å²) in [4.78, 5) is 7.84. The van der Waals surface area contributed by atoms with E-state index in [0.29, 0.717) is 11.5 Å². The first kappa shape index (κ1) is 47.9. The molecule has 11 heteroatoms. The third kappa shape index (κ3) is 7.31. The number of aliphatic hydroxyl groups is 2. The predicted molar refractivity (Wildman–Crippen MR) is 258 cm³/mol. The van der Waals surface area contributed by atoms with Gasteiger partial charge in [-0.1, -0.05) is 69.2 Å². The topological polar surface area (TPSA) is 121 Å². The molecule has 2 saturated heterocycles. The number of likely N-dealkylation sites (tertiary alicyclic amines) is 2. The van der Waals surface area contributed by atoms with Gasteiger partial charge in [0.15, 0.2) is 23.0 Å². The Morgan fingerprint density at radius 3 is 1.76 bits per heavy atom. The van der Waals surface area contributed by atoms with Gasteiger partial charge in [0.25, 0.3) is 0 Å². The average molecular weight is 1010 g/mol. The number of nitrogens with zero attached hydrogens (tertiary/aromatic N) is 3. The first-order valence-corrected chi connectivity index (χ1v) is 26.1. The van der Waals surface area contributed by atoms with E-state index in [1.165, 1.54) is 48.8 Å². The largest absolute Gasteiger partial charge is 0.504 e. The van der Waals surface area contributed by atoms with E-state index >= 15 is 0 Å². The number of hydrogen-bond donors (Lipinski definition) is 5. The van der Waals surface area contributed by atoms with Gasteiger partial charge in [0.05, 0.1) is 22.0 Å². The Labute approximate surface area is 413 Å². The van der Waals surface area contributed by atoms with Crippen LogP contribution in [0.25, 0.3) is 0 Å². The third-order valence-electron chi connectivity index (χ3n) is 18.9. The third-order valence-corrected chi connectivity index (χ3v) is 18.9. The second-order valence-electron chi connectivity index (χ2n) is 22.4. The predicted octanol–water partition coefficient (Wildman–Crippen LogP) is 7.79. The van der Waals surface area contributed by atoms with Gasteiger partial charge >= 0.3 is 0 Å². The van der Waals surface area contributed by atoms with E-state index in [1.807, 2.05) is 6.07 Å². The number of nitrogens with one attached hydrogen (secondary N) is 1. The molecule has 0 radical (unpaired) electrons. The number of piperidine rings is 2. The molecule has 4 heterocycles. The minimum atomic E-state index is -0.809. The molecule has 10 aliphatic rings. The molecule has 10 atom stereocenters. The Morgan fingerprint density at radius 2 is 1.21 bits per heavy atom. The van der Waals surface area contributed by atoms with Gasteiger partial charge in [0.2, 0.25) is 0 Å². The molecule has 368 valence electrons. The summed E-state index contributed by atoms with van der Waals surface area (Å²) in [6, 6.07) is 19.3. The fraction of sp³-hybridized carbons (Fsp3) is 0.661. The van der Waals surface area contributed by atoms with Crippen molar-refractivity contribution in [1.29, 1.82) is 0 Å². The molecule has 5 N–H and O–H groups in total. The van der Waals surface area contributed by atoms with Crippen LogP contribution in [0.5, 0.6) is 23.0 Å². The number of hydrogen-bond acceptors (Lipinski definition) is 10. The number of phenolic OH excluding ortho intramolecular Hbond substituents is 2. The van der Waals surface area contributed by atoms with Crippen molar-refractivity contribution in [1.82, 2.24) is 20.0 Å². The van der Waals surface area contributed by atoms with Gasteiger partial charge in [0, 0.05) is 75.4 Å². The molecule has 4 saturated carbocycles. The molecule has 0 amide bonds. The van der Waals surface area contributed by atoms with E-state index in [9.17, 15) is 20.4 Å². The first-order chi connectivity index (χ1) is 31.6. The summed E-state index contributed by atoms with van der Waals surface area (Å²) in [5.41, 5.74) is 3.76. The maximum Gasteiger partial charge on any atom is 0.165 e. The van der Waals surface area contributed by atoms with Gasteiger partial charge in [0.1, 0.15) is 12.2 Å². The fourth-order valence-electron chi connectivity index (χ4n) is 15.5. The molecule has 13 rings (SSSR count). The number of unbranched alkanes of at least 4 members (excludes halogenated alkanes) is 2. The monoisotopic (exact) mass is 1010 g/mol. The Kier molecular flexibility index (Phi) is 13.0. The molecule has 2 unspecified atom stereocenters. The molecule has 67 heavy (non-hydrogen) atoms. The van der Waals surface area contributed by atoms with Crippen molar-refractivity contribution in [3.05, 3.63) is 89.8 Å². The van der Waals surface area contributed by atoms with Crippen LogP contribution >= 0.6 is 0 Å². The van der Waals surface area contributed by atoms with Crippen molar-refractivity contribution in [2.24, 2.45) is 11.8 Å². The number of ether oxygens (including phenoxy) is 2. The minimum absolute atomic E-state index is 0. The van der Waals surface area contributed by atoms with Gasteiger partial charge in [-0.15, -0.1) is 0 Å². The number of benzene rings is 3. The molecular formula is C56H77N4O6Pd-. The standard InChI is InChI=1S/C31H40N2O3.C24H34N2O3.CH3.Pd/c1-2-3-16-32(19-21-7-5-4-6-8-21)24-13-14-31(35)26-18-23-11-12-25(34)28-27(23)30(31,29(24)36-28)15-17-33(26)20-22-9-10-22;1-2-3-11-25-17-8-9-24(28)19-13-16-6-7-18(27)21-20(16)23(24,22(17)29-21)10-12-26(19)14-15-4-5-15;;/h4-8,11-12,22,24,26,29,34-35H,2-3,9-10,13-20H2,1H3;6-7,15,17,19,22,25,27-28H,2-5,8-14H2,1H3;1H3;/q;;-1;/t24-,26?,29+,30+,31-;17-,19?,22+,23+,24-;;/m00../s1. The Balaban J connectivity index is 0.000000155. The van der Waals surface area contributed by atoms with Crippen LogP contribution in [-0.4, -0.2) is 122 Å². The molecule has 4 aliphatic heterocycles. The summed E-state index contributed by atoms with van der Waals surface area (Å²) in [6.45, 7) is 11.7. The number of rotatable bonds is 14. The van der Waals surface area contributed by atoms with Crippen LogP contribution in [0, 0.1) is 19.3 Å². The summed E-state index contributed by atoms with van der Waals surface area (Å²) < 4.78 is 13.4. The van der Waals surface area contributed by atoms with Crippen molar-refractivity contribution < 1.29 is 50.3 Å². The van der Waals surface area contributed by atoms with Crippen LogP contribution < -0.4 is 14.8 Å². The normalized spacial score (nSPS) is 35.8. The van der Waals surface area contributed by atoms with E-state index < -0.39 is 16.6 Å². The van der Waals surface area contributed by atoms with Crippen LogP contribution in [-0.2, 0) is 50.6 Å².